The molecular formula is C7H10F3N3O. The van der Waals surface area contributed by atoms with Crippen LogP contribution in [0.1, 0.15) is 12.8 Å². The average Bonchev–Trinajstić information content (AvgIpc) is 2.33. The molecular weight excluding hydrogens is 199 g/mol. The van der Waals surface area contributed by atoms with Crippen LogP contribution in [0.2, 0.25) is 0 Å². The summed E-state index contributed by atoms with van der Waals surface area (Å²) in [4.78, 5) is 11.1. The van der Waals surface area contributed by atoms with Crippen molar-refractivity contribution in [2.45, 2.75) is 25.6 Å². The number of hydrogen-bond donors (Lipinski definition) is 0. The van der Waals surface area contributed by atoms with Crippen molar-refractivity contribution in [1.29, 1.82) is 0 Å². The molecule has 1 aromatic heterocycles. The van der Waals surface area contributed by atoms with Gasteiger partial charge in [-0.15, -0.1) is 0 Å². The topological polar surface area (TPSA) is 39.8 Å². The van der Waals surface area contributed by atoms with E-state index in [0.29, 0.717) is 0 Å². The highest BCUT2D eigenvalue weighted by molar-refractivity contribution is 4.65. The molecule has 1 aromatic rings. The number of aryl methyl sites for hydroxylation is 2. The third-order valence-corrected chi connectivity index (χ3v) is 1.72. The van der Waals surface area contributed by atoms with Crippen LogP contribution < -0.4 is 5.69 Å². The highest BCUT2D eigenvalue weighted by Gasteiger charge is 2.26. The summed E-state index contributed by atoms with van der Waals surface area (Å²) in [7, 11) is 1.50. The van der Waals surface area contributed by atoms with Gasteiger partial charge in [0.05, 0.1) is 0 Å². The summed E-state index contributed by atoms with van der Waals surface area (Å²) < 4.78 is 37.5. The van der Waals surface area contributed by atoms with Crippen molar-refractivity contribution in [2.24, 2.45) is 7.05 Å². The molecule has 1 heterocycles. The molecule has 1 rings (SSSR count). The van der Waals surface area contributed by atoms with Gasteiger partial charge < -0.3 is 0 Å². The SMILES string of the molecule is Cn1cnn(CCCC(F)(F)F)c1=O. The largest absolute Gasteiger partial charge is 0.389 e. The smallest absolute Gasteiger partial charge is 0.285 e. The zero-order valence-corrected chi connectivity index (χ0v) is 7.58. The number of hydrogen-bond acceptors (Lipinski definition) is 2. The highest BCUT2D eigenvalue weighted by atomic mass is 19.4. The number of rotatable bonds is 3. The molecule has 7 heteroatoms. The molecule has 0 amide bonds. The van der Waals surface area contributed by atoms with Gasteiger partial charge in [-0.25, -0.2) is 9.48 Å². The molecule has 0 saturated carbocycles. The maximum absolute atomic E-state index is 11.8. The summed E-state index contributed by atoms with van der Waals surface area (Å²) >= 11 is 0. The quantitative estimate of drug-likeness (QED) is 0.742. The van der Waals surface area contributed by atoms with Crippen LogP contribution in [0.5, 0.6) is 0 Å². The van der Waals surface area contributed by atoms with Gasteiger partial charge in [-0.2, -0.15) is 18.3 Å². The molecule has 0 aliphatic heterocycles. The van der Waals surface area contributed by atoms with E-state index in [9.17, 15) is 18.0 Å². The second-order valence-electron chi connectivity index (χ2n) is 2.97. The van der Waals surface area contributed by atoms with Crippen LogP contribution in [0, 0.1) is 0 Å². The summed E-state index contributed by atoms with van der Waals surface area (Å²) in [6.45, 7) is -0.000810. The molecule has 0 unspecified atom stereocenters. The van der Waals surface area contributed by atoms with Crippen molar-refractivity contribution in [3.63, 3.8) is 0 Å². The third kappa shape index (κ3) is 2.90. The molecule has 0 aromatic carbocycles. The van der Waals surface area contributed by atoms with E-state index in [0.717, 1.165) is 4.68 Å². The first-order valence-electron chi connectivity index (χ1n) is 4.05. The van der Waals surface area contributed by atoms with Gasteiger partial charge >= 0.3 is 11.9 Å². The first kappa shape index (κ1) is 10.8. The molecule has 0 bridgehead atoms. The Morgan fingerprint density at radius 2 is 2.14 bits per heavy atom. The average molecular weight is 209 g/mol. The highest BCUT2D eigenvalue weighted by Crippen LogP contribution is 2.21. The standard InChI is InChI=1S/C7H10F3N3O/c1-12-5-11-13(6(12)14)4-2-3-7(8,9)10/h5H,2-4H2,1H3. The second kappa shape index (κ2) is 3.85. The van der Waals surface area contributed by atoms with Crippen molar-refractivity contribution in [1.82, 2.24) is 14.3 Å². The summed E-state index contributed by atoms with van der Waals surface area (Å²) in [6.07, 6.45) is -3.91. The van der Waals surface area contributed by atoms with Gasteiger partial charge in [-0.1, -0.05) is 0 Å². The maximum Gasteiger partial charge on any atom is 0.389 e. The van der Waals surface area contributed by atoms with Crippen molar-refractivity contribution in [3.05, 3.63) is 16.8 Å². The van der Waals surface area contributed by atoms with Crippen LogP contribution in [0.4, 0.5) is 13.2 Å². The summed E-state index contributed by atoms with van der Waals surface area (Å²) in [6, 6.07) is 0. The second-order valence-corrected chi connectivity index (χ2v) is 2.97. The minimum Gasteiger partial charge on any atom is -0.285 e. The van der Waals surface area contributed by atoms with Crippen LogP contribution in [-0.4, -0.2) is 20.5 Å². The molecule has 0 radical (unpaired) electrons. The van der Waals surface area contributed by atoms with Crippen LogP contribution >= 0.6 is 0 Å². The summed E-state index contributed by atoms with van der Waals surface area (Å²) in [5.74, 6) is 0. The van der Waals surface area contributed by atoms with Crippen molar-refractivity contribution in [3.8, 4) is 0 Å². The fraction of sp³-hybridized carbons (Fsp3) is 0.714. The lowest BCUT2D eigenvalue weighted by molar-refractivity contribution is -0.136. The Kier molecular flexibility index (Phi) is 2.97. The monoisotopic (exact) mass is 209 g/mol. The van der Waals surface area contributed by atoms with E-state index >= 15 is 0 Å². The number of halogens is 3. The minimum atomic E-state index is -4.17. The van der Waals surface area contributed by atoms with Crippen molar-refractivity contribution >= 4 is 0 Å². The Balaban J connectivity index is 2.47. The van der Waals surface area contributed by atoms with E-state index in [2.05, 4.69) is 5.10 Å². The number of aromatic nitrogens is 3. The molecule has 0 aliphatic carbocycles. The molecule has 80 valence electrons. The zero-order valence-electron chi connectivity index (χ0n) is 7.58. The normalized spacial score (nSPS) is 12.0. The van der Waals surface area contributed by atoms with E-state index in [-0.39, 0.29) is 13.0 Å². The van der Waals surface area contributed by atoms with E-state index < -0.39 is 18.3 Å². The van der Waals surface area contributed by atoms with Crippen LogP contribution in [0.3, 0.4) is 0 Å². The zero-order chi connectivity index (χ0) is 10.8. The lowest BCUT2D eigenvalue weighted by Crippen LogP contribution is -2.23. The van der Waals surface area contributed by atoms with Gasteiger partial charge in [-0.3, -0.25) is 4.57 Å². The Labute approximate surface area is 78.0 Å². The fourth-order valence-electron chi connectivity index (χ4n) is 1.00. The molecule has 0 atom stereocenters. The number of alkyl halides is 3. The van der Waals surface area contributed by atoms with Gasteiger partial charge in [0.15, 0.2) is 0 Å². The molecule has 0 aliphatic rings. The van der Waals surface area contributed by atoms with Gasteiger partial charge in [0.1, 0.15) is 6.33 Å². The molecule has 14 heavy (non-hydrogen) atoms. The van der Waals surface area contributed by atoms with E-state index in [4.69, 9.17) is 0 Å². The molecule has 4 nitrogen and oxygen atoms in total. The maximum atomic E-state index is 11.8. The van der Waals surface area contributed by atoms with Crippen LogP contribution in [0.15, 0.2) is 11.1 Å². The molecule has 0 N–H and O–H groups in total. The van der Waals surface area contributed by atoms with Crippen LogP contribution in [0.25, 0.3) is 0 Å². The van der Waals surface area contributed by atoms with E-state index in [1.807, 2.05) is 0 Å². The minimum absolute atomic E-state index is 0.000810. The molecule has 0 fully saturated rings. The van der Waals surface area contributed by atoms with Gasteiger partial charge in [0, 0.05) is 20.0 Å². The predicted molar refractivity (Wildman–Crippen MR) is 42.8 cm³/mol. The Morgan fingerprint density at radius 3 is 2.57 bits per heavy atom. The Morgan fingerprint density at radius 1 is 1.50 bits per heavy atom. The van der Waals surface area contributed by atoms with Crippen molar-refractivity contribution in [2.75, 3.05) is 0 Å². The Hall–Kier alpha value is -1.27. The summed E-state index contributed by atoms with van der Waals surface area (Å²) in [5, 5.41) is 3.63. The lowest BCUT2D eigenvalue weighted by atomic mass is 10.3. The predicted octanol–water partition coefficient (Wildman–Crippen LogP) is 0.924. The molecule has 0 spiro atoms. The van der Waals surface area contributed by atoms with E-state index in [1.165, 1.54) is 17.9 Å². The first-order chi connectivity index (χ1) is 6.40. The number of nitrogens with zero attached hydrogens (tertiary/aromatic N) is 3. The van der Waals surface area contributed by atoms with Gasteiger partial charge in [-0.05, 0) is 6.42 Å². The summed E-state index contributed by atoms with van der Waals surface area (Å²) in [5.41, 5.74) is -0.396. The lowest BCUT2D eigenvalue weighted by Gasteiger charge is -2.04. The fourth-order valence-corrected chi connectivity index (χ4v) is 1.00. The first-order valence-corrected chi connectivity index (χ1v) is 4.05. The molecule has 0 saturated heterocycles. The van der Waals surface area contributed by atoms with E-state index in [1.54, 1.807) is 0 Å². The van der Waals surface area contributed by atoms with Crippen molar-refractivity contribution < 1.29 is 13.2 Å². The Bertz CT molecular complexity index is 352. The third-order valence-electron chi connectivity index (χ3n) is 1.72. The van der Waals surface area contributed by atoms with Crippen LogP contribution in [-0.2, 0) is 13.6 Å². The van der Waals surface area contributed by atoms with Gasteiger partial charge in [0.25, 0.3) is 0 Å². The van der Waals surface area contributed by atoms with Gasteiger partial charge in [0.2, 0.25) is 0 Å².